The van der Waals surface area contributed by atoms with E-state index in [4.69, 9.17) is 11.6 Å². The number of carbonyl (C=O) groups excluding carboxylic acids is 1. The Bertz CT molecular complexity index is 272. The van der Waals surface area contributed by atoms with Gasteiger partial charge in [-0.1, -0.05) is 0 Å². The molecule has 4 heteroatoms. The van der Waals surface area contributed by atoms with Gasteiger partial charge in [0.1, 0.15) is 0 Å². The molecule has 0 atom stereocenters. The summed E-state index contributed by atoms with van der Waals surface area (Å²) in [6, 6.07) is 3.95. The number of alkyl halides is 1. The summed E-state index contributed by atoms with van der Waals surface area (Å²) in [5.74, 6) is 0.753. The van der Waals surface area contributed by atoms with E-state index in [2.05, 4.69) is 5.32 Å². The van der Waals surface area contributed by atoms with Gasteiger partial charge in [0.25, 0.3) is 0 Å². The van der Waals surface area contributed by atoms with Crippen LogP contribution in [0.25, 0.3) is 0 Å². The van der Waals surface area contributed by atoms with Crippen molar-refractivity contribution in [3.05, 3.63) is 24.5 Å². The van der Waals surface area contributed by atoms with Crippen molar-refractivity contribution < 1.29 is 4.79 Å². The Morgan fingerprint density at radius 1 is 1.27 bits per heavy atom. The zero-order chi connectivity index (χ0) is 10.9. The van der Waals surface area contributed by atoms with Crippen LogP contribution in [-0.4, -0.2) is 22.9 Å². The van der Waals surface area contributed by atoms with Crippen molar-refractivity contribution >= 4 is 17.5 Å². The first-order valence-electron chi connectivity index (χ1n) is 5.26. The molecule has 0 saturated heterocycles. The van der Waals surface area contributed by atoms with Gasteiger partial charge in [0.05, 0.1) is 0 Å². The van der Waals surface area contributed by atoms with E-state index in [0.717, 1.165) is 19.4 Å². The smallest absolute Gasteiger partial charge is 0.220 e. The molecule has 1 amide bonds. The zero-order valence-electron chi connectivity index (χ0n) is 8.79. The molecule has 1 heterocycles. The zero-order valence-corrected chi connectivity index (χ0v) is 9.54. The minimum Gasteiger partial charge on any atom is -0.354 e. The van der Waals surface area contributed by atoms with Crippen molar-refractivity contribution in [3.63, 3.8) is 0 Å². The van der Waals surface area contributed by atoms with E-state index in [1.165, 1.54) is 0 Å². The van der Waals surface area contributed by atoms with Crippen molar-refractivity contribution in [2.24, 2.45) is 0 Å². The van der Waals surface area contributed by atoms with Crippen LogP contribution in [0.2, 0.25) is 0 Å². The molecule has 0 aliphatic carbocycles. The number of amides is 1. The number of hydrogen-bond acceptors (Lipinski definition) is 1. The number of rotatable bonds is 7. The number of unbranched alkanes of at least 4 members (excludes halogenated alkanes) is 1. The third-order valence-electron chi connectivity index (χ3n) is 2.15. The number of carbonyl (C=O) groups is 1. The summed E-state index contributed by atoms with van der Waals surface area (Å²) in [5.41, 5.74) is 0. The second-order valence-electron chi connectivity index (χ2n) is 3.42. The highest BCUT2D eigenvalue weighted by atomic mass is 35.5. The van der Waals surface area contributed by atoms with Gasteiger partial charge in [-0.2, -0.15) is 0 Å². The molecule has 0 aromatic carbocycles. The second kappa shape index (κ2) is 7.35. The second-order valence-corrected chi connectivity index (χ2v) is 3.79. The first-order valence-corrected chi connectivity index (χ1v) is 5.80. The average Bonchev–Trinajstić information content (AvgIpc) is 2.71. The van der Waals surface area contributed by atoms with Crippen LogP contribution in [0, 0.1) is 0 Å². The molecule has 3 nitrogen and oxygen atoms in total. The summed E-state index contributed by atoms with van der Waals surface area (Å²) in [4.78, 5) is 11.3. The molecule has 0 aliphatic rings. The highest BCUT2D eigenvalue weighted by molar-refractivity contribution is 6.17. The van der Waals surface area contributed by atoms with E-state index >= 15 is 0 Å². The predicted molar refractivity (Wildman–Crippen MR) is 62.0 cm³/mol. The van der Waals surface area contributed by atoms with Gasteiger partial charge < -0.3 is 9.88 Å². The largest absolute Gasteiger partial charge is 0.354 e. The quantitative estimate of drug-likeness (QED) is 0.562. The number of nitrogens with zero attached hydrogens (tertiary/aromatic N) is 1. The maximum Gasteiger partial charge on any atom is 0.220 e. The van der Waals surface area contributed by atoms with Crippen molar-refractivity contribution in [2.45, 2.75) is 25.8 Å². The molecule has 15 heavy (non-hydrogen) atoms. The van der Waals surface area contributed by atoms with Gasteiger partial charge in [-0.25, -0.2) is 0 Å². The van der Waals surface area contributed by atoms with Crippen LogP contribution in [0.15, 0.2) is 24.5 Å². The lowest BCUT2D eigenvalue weighted by atomic mass is 10.2. The standard InChI is InChI=1S/C11H17ClN2O/c12-6-2-1-5-11(15)13-7-10-14-8-3-4-9-14/h3-4,8-9H,1-2,5-7,10H2,(H,13,15). The van der Waals surface area contributed by atoms with Crippen molar-refractivity contribution in [1.82, 2.24) is 9.88 Å². The molecule has 1 N–H and O–H groups in total. The van der Waals surface area contributed by atoms with Crippen LogP contribution in [0.5, 0.6) is 0 Å². The van der Waals surface area contributed by atoms with Gasteiger partial charge in [0.15, 0.2) is 0 Å². The molecular weight excluding hydrogens is 212 g/mol. The Morgan fingerprint density at radius 3 is 2.67 bits per heavy atom. The summed E-state index contributed by atoms with van der Waals surface area (Å²) in [7, 11) is 0. The van der Waals surface area contributed by atoms with E-state index in [1.54, 1.807) is 0 Å². The topological polar surface area (TPSA) is 34.0 Å². The maximum atomic E-state index is 11.3. The molecule has 0 spiro atoms. The number of aromatic nitrogens is 1. The summed E-state index contributed by atoms with van der Waals surface area (Å²) >= 11 is 5.52. The van der Waals surface area contributed by atoms with Gasteiger partial charge in [0, 0.05) is 37.8 Å². The summed E-state index contributed by atoms with van der Waals surface area (Å²) in [6.07, 6.45) is 6.34. The third-order valence-corrected chi connectivity index (χ3v) is 2.41. The minimum absolute atomic E-state index is 0.118. The Kier molecular flexibility index (Phi) is 5.93. The minimum atomic E-state index is 0.118. The molecule has 0 unspecified atom stereocenters. The monoisotopic (exact) mass is 228 g/mol. The van der Waals surface area contributed by atoms with Gasteiger partial charge in [-0.05, 0) is 25.0 Å². The van der Waals surface area contributed by atoms with Crippen LogP contribution in [-0.2, 0) is 11.3 Å². The molecule has 1 aromatic rings. The highest BCUT2D eigenvalue weighted by Gasteiger charge is 1.99. The molecular formula is C11H17ClN2O. The van der Waals surface area contributed by atoms with Gasteiger partial charge in [-0.3, -0.25) is 4.79 Å². The van der Waals surface area contributed by atoms with E-state index in [9.17, 15) is 4.79 Å². The van der Waals surface area contributed by atoms with E-state index < -0.39 is 0 Å². The predicted octanol–water partition coefficient (Wildman–Crippen LogP) is 2.01. The van der Waals surface area contributed by atoms with E-state index in [1.807, 2.05) is 29.1 Å². The fourth-order valence-corrected chi connectivity index (χ4v) is 1.50. The molecule has 1 rings (SSSR count). The molecule has 0 bridgehead atoms. The fraction of sp³-hybridized carbons (Fsp3) is 0.545. The van der Waals surface area contributed by atoms with Gasteiger partial charge in [0.2, 0.25) is 5.91 Å². The van der Waals surface area contributed by atoms with Crippen molar-refractivity contribution in [1.29, 1.82) is 0 Å². The molecule has 0 saturated carbocycles. The molecule has 0 aliphatic heterocycles. The summed E-state index contributed by atoms with van der Waals surface area (Å²) in [5, 5.41) is 2.88. The molecule has 0 fully saturated rings. The van der Waals surface area contributed by atoms with Crippen LogP contribution in [0.4, 0.5) is 0 Å². The number of halogens is 1. The normalized spacial score (nSPS) is 10.2. The van der Waals surface area contributed by atoms with Crippen molar-refractivity contribution in [2.75, 3.05) is 12.4 Å². The van der Waals surface area contributed by atoms with E-state index in [0.29, 0.717) is 18.8 Å². The number of nitrogens with one attached hydrogen (secondary N) is 1. The lowest BCUT2D eigenvalue weighted by molar-refractivity contribution is -0.121. The fourth-order valence-electron chi connectivity index (χ4n) is 1.31. The molecule has 0 radical (unpaired) electrons. The van der Waals surface area contributed by atoms with Crippen molar-refractivity contribution in [3.8, 4) is 0 Å². The Morgan fingerprint density at radius 2 is 2.00 bits per heavy atom. The Balaban J connectivity index is 2.02. The SMILES string of the molecule is O=C(CCCCCl)NCCn1cccc1. The summed E-state index contributed by atoms with van der Waals surface area (Å²) < 4.78 is 2.04. The highest BCUT2D eigenvalue weighted by Crippen LogP contribution is 1.96. The lowest BCUT2D eigenvalue weighted by Crippen LogP contribution is -2.26. The lowest BCUT2D eigenvalue weighted by Gasteiger charge is -2.05. The van der Waals surface area contributed by atoms with Crippen LogP contribution in [0.3, 0.4) is 0 Å². The van der Waals surface area contributed by atoms with Gasteiger partial charge in [-0.15, -0.1) is 11.6 Å². The van der Waals surface area contributed by atoms with E-state index in [-0.39, 0.29) is 5.91 Å². The Hall–Kier alpha value is -0.960. The number of hydrogen-bond donors (Lipinski definition) is 1. The Labute approximate surface area is 95.4 Å². The first kappa shape index (κ1) is 12.1. The maximum absolute atomic E-state index is 11.3. The average molecular weight is 229 g/mol. The first-order chi connectivity index (χ1) is 7.33. The van der Waals surface area contributed by atoms with Gasteiger partial charge >= 0.3 is 0 Å². The van der Waals surface area contributed by atoms with Crippen LogP contribution in [0.1, 0.15) is 19.3 Å². The van der Waals surface area contributed by atoms with Crippen LogP contribution >= 0.6 is 11.6 Å². The summed E-state index contributed by atoms with van der Waals surface area (Å²) in [6.45, 7) is 1.52. The molecule has 84 valence electrons. The third kappa shape index (κ3) is 5.47. The van der Waals surface area contributed by atoms with Crippen LogP contribution < -0.4 is 5.32 Å². The molecule has 1 aromatic heterocycles.